The normalized spacial score (nSPS) is 17.8. The zero-order chi connectivity index (χ0) is 21.3. The van der Waals surface area contributed by atoms with E-state index < -0.39 is 0 Å². The molecular weight excluding hydrogens is 396 g/mol. The first kappa shape index (κ1) is 19.3. The lowest BCUT2D eigenvalue weighted by molar-refractivity contribution is -0.659. The molecule has 2 aliphatic rings. The van der Waals surface area contributed by atoms with Gasteiger partial charge >= 0.3 is 0 Å². The van der Waals surface area contributed by atoms with E-state index in [-0.39, 0.29) is 0 Å². The van der Waals surface area contributed by atoms with E-state index in [1.165, 1.54) is 74.0 Å². The van der Waals surface area contributed by atoms with E-state index in [4.69, 9.17) is 0 Å². The van der Waals surface area contributed by atoms with Gasteiger partial charge in [0.2, 0.25) is 5.69 Å². The number of fused-ring (bicyclic) bond motifs is 3. The summed E-state index contributed by atoms with van der Waals surface area (Å²) in [5, 5.41) is 4.05. The van der Waals surface area contributed by atoms with Gasteiger partial charge in [0.25, 0.3) is 0 Å². The molecule has 0 amide bonds. The summed E-state index contributed by atoms with van der Waals surface area (Å²) in [5.41, 5.74) is 7.18. The van der Waals surface area contributed by atoms with Gasteiger partial charge < -0.3 is 0 Å². The van der Waals surface area contributed by atoms with Gasteiger partial charge in [0.05, 0.1) is 16.5 Å². The molecule has 156 valence electrons. The summed E-state index contributed by atoms with van der Waals surface area (Å²) in [5.74, 6) is 0.688. The van der Waals surface area contributed by atoms with Crippen molar-refractivity contribution < 1.29 is 4.57 Å². The molecule has 2 aromatic carbocycles. The molecule has 3 heterocycles. The number of hydrogen-bond donors (Lipinski definition) is 0. The standard InChI is InChI=1S/C28H29N2S/c1-17-21-6-5-12-29-22(21)16-24-25(17)27-26-19(9-13-30(27)4)14-20(15-23(26)31-24)18-7-10-28(2,3)11-8-18/h5-6,9,12-16,18H,7-8,10-11H2,1-4H3/q+1. The van der Waals surface area contributed by atoms with Gasteiger partial charge in [0, 0.05) is 27.4 Å². The first-order valence-corrected chi connectivity index (χ1v) is 12.3. The average Bonchev–Trinajstić information content (AvgIpc) is 2.75. The Balaban J connectivity index is 1.57. The van der Waals surface area contributed by atoms with Crippen LogP contribution >= 0.6 is 11.8 Å². The van der Waals surface area contributed by atoms with Crippen LogP contribution in [0.15, 0.2) is 58.6 Å². The van der Waals surface area contributed by atoms with Crippen LogP contribution in [0, 0.1) is 12.3 Å². The number of nitrogens with zero attached hydrogens (tertiary/aromatic N) is 2. The van der Waals surface area contributed by atoms with Gasteiger partial charge in [-0.2, -0.15) is 0 Å². The van der Waals surface area contributed by atoms with Crippen LogP contribution in [0.3, 0.4) is 0 Å². The van der Waals surface area contributed by atoms with Gasteiger partial charge in [-0.3, -0.25) is 4.98 Å². The molecular formula is C28H29N2S+. The van der Waals surface area contributed by atoms with Crippen molar-refractivity contribution in [2.45, 2.75) is 62.2 Å². The van der Waals surface area contributed by atoms with E-state index in [1.54, 1.807) is 0 Å². The van der Waals surface area contributed by atoms with E-state index in [1.807, 2.05) is 24.0 Å². The van der Waals surface area contributed by atoms with Crippen molar-refractivity contribution >= 4 is 33.4 Å². The Morgan fingerprint density at radius 3 is 2.68 bits per heavy atom. The first-order chi connectivity index (χ1) is 14.9. The van der Waals surface area contributed by atoms with Crippen LogP contribution in [0.4, 0.5) is 0 Å². The Morgan fingerprint density at radius 1 is 1.06 bits per heavy atom. The number of rotatable bonds is 1. The van der Waals surface area contributed by atoms with E-state index in [0.717, 1.165) is 5.52 Å². The largest absolute Gasteiger partial charge is 0.256 e. The van der Waals surface area contributed by atoms with Gasteiger partial charge in [-0.05, 0) is 78.7 Å². The Hall–Kier alpha value is -2.39. The highest BCUT2D eigenvalue weighted by atomic mass is 32.2. The zero-order valence-electron chi connectivity index (χ0n) is 18.8. The summed E-state index contributed by atoms with van der Waals surface area (Å²) in [6.45, 7) is 7.10. The maximum absolute atomic E-state index is 4.66. The molecule has 2 aromatic heterocycles. The summed E-state index contributed by atoms with van der Waals surface area (Å²) in [7, 11) is 2.18. The number of aryl methyl sites for hydroxylation is 2. The SMILES string of the molecule is Cc1c2c(cc3ncccc13)Sc1cc(C3CCC(C)(C)CC3)cc3cc[n+](C)c-2c13. The van der Waals surface area contributed by atoms with Crippen molar-refractivity contribution in [3.63, 3.8) is 0 Å². The summed E-state index contributed by atoms with van der Waals surface area (Å²) in [6.07, 6.45) is 9.40. The molecule has 31 heavy (non-hydrogen) atoms. The number of hydrogen-bond acceptors (Lipinski definition) is 2. The van der Waals surface area contributed by atoms with Crippen molar-refractivity contribution in [2.24, 2.45) is 12.5 Å². The van der Waals surface area contributed by atoms with Crippen LogP contribution in [-0.2, 0) is 7.05 Å². The highest BCUT2D eigenvalue weighted by Gasteiger charge is 2.32. The van der Waals surface area contributed by atoms with Gasteiger partial charge in [-0.1, -0.05) is 37.7 Å². The number of pyridine rings is 2. The monoisotopic (exact) mass is 425 g/mol. The second-order valence-corrected chi connectivity index (χ2v) is 11.3. The first-order valence-electron chi connectivity index (χ1n) is 11.4. The quantitative estimate of drug-likeness (QED) is 0.261. The molecule has 6 rings (SSSR count). The molecule has 4 aromatic rings. The minimum absolute atomic E-state index is 0.502. The molecule has 0 unspecified atom stereocenters. The molecule has 0 saturated heterocycles. The summed E-state index contributed by atoms with van der Waals surface area (Å²) >= 11 is 1.94. The Bertz CT molecular complexity index is 1360. The van der Waals surface area contributed by atoms with Crippen molar-refractivity contribution in [3.8, 4) is 11.3 Å². The van der Waals surface area contributed by atoms with Crippen molar-refractivity contribution in [3.05, 3.63) is 59.9 Å². The fourth-order valence-corrected chi connectivity index (χ4v) is 6.97. The molecule has 0 atom stereocenters. The van der Waals surface area contributed by atoms with E-state index >= 15 is 0 Å². The lowest BCUT2D eigenvalue weighted by Crippen LogP contribution is -2.31. The molecule has 0 bridgehead atoms. The van der Waals surface area contributed by atoms with Gasteiger partial charge in [0.1, 0.15) is 7.05 Å². The van der Waals surface area contributed by atoms with E-state index in [9.17, 15) is 0 Å². The summed E-state index contributed by atoms with van der Waals surface area (Å²) in [4.78, 5) is 7.40. The second kappa shape index (κ2) is 6.80. The van der Waals surface area contributed by atoms with Crippen LogP contribution in [0.1, 0.15) is 56.6 Å². The van der Waals surface area contributed by atoms with Crippen molar-refractivity contribution in [1.82, 2.24) is 4.98 Å². The Morgan fingerprint density at radius 2 is 1.87 bits per heavy atom. The van der Waals surface area contributed by atoms with Crippen LogP contribution in [0.25, 0.3) is 32.9 Å². The maximum atomic E-state index is 4.66. The highest BCUT2D eigenvalue weighted by Crippen LogP contribution is 2.51. The highest BCUT2D eigenvalue weighted by molar-refractivity contribution is 7.99. The molecule has 1 saturated carbocycles. The van der Waals surface area contributed by atoms with Crippen molar-refractivity contribution in [1.29, 1.82) is 0 Å². The third kappa shape index (κ3) is 3.01. The summed E-state index contributed by atoms with van der Waals surface area (Å²) < 4.78 is 2.31. The fourth-order valence-electron chi connectivity index (χ4n) is 5.70. The fraction of sp³-hybridized carbons (Fsp3) is 0.357. The predicted octanol–water partition coefficient (Wildman–Crippen LogP) is 7.34. The Labute approximate surface area is 188 Å². The van der Waals surface area contributed by atoms with Crippen LogP contribution in [0.5, 0.6) is 0 Å². The maximum Gasteiger partial charge on any atom is 0.222 e. The minimum atomic E-state index is 0.502. The third-order valence-corrected chi connectivity index (χ3v) is 8.71. The smallest absolute Gasteiger partial charge is 0.222 e. The molecule has 1 fully saturated rings. The lowest BCUT2D eigenvalue weighted by Gasteiger charge is -2.35. The predicted molar refractivity (Wildman–Crippen MR) is 130 cm³/mol. The van der Waals surface area contributed by atoms with Gasteiger partial charge in [0.15, 0.2) is 6.20 Å². The van der Waals surface area contributed by atoms with Gasteiger partial charge in [-0.15, -0.1) is 0 Å². The number of aromatic nitrogens is 2. The van der Waals surface area contributed by atoms with Gasteiger partial charge in [-0.25, -0.2) is 4.57 Å². The average molecular weight is 426 g/mol. The molecule has 2 nitrogen and oxygen atoms in total. The second-order valence-electron chi connectivity index (χ2n) is 10.2. The molecule has 1 aliphatic carbocycles. The molecule has 0 N–H and O–H groups in total. The minimum Gasteiger partial charge on any atom is -0.256 e. The topological polar surface area (TPSA) is 16.8 Å². The number of benzene rings is 2. The Kier molecular flexibility index (Phi) is 4.24. The molecule has 0 spiro atoms. The summed E-state index contributed by atoms with van der Waals surface area (Å²) in [6, 6.07) is 13.8. The van der Waals surface area contributed by atoms with Crippen LogP contribution in [-0.4, -0.2) is 4.98 Å². The van der Waals surface area contributed by atoms with E-state index in [2.05, 4.69) is 73.9 Å². The molecule has 0 radical (unpaired) electrons. The van der Waals surface area contributed by atoms with Crippen molar-refractivity contribution in [2.75, 3.05) is 0 Å². The molecule has 3 heteroatoms. The zero-order valence-corrected chi connectivity index (χ0v) is 19.6. The third-order valence-electron chi connectivity index (χ3n) is 7.62. The molecule has 1 aliphatic heterocycles. The van der Waals surface area contributed by atoms with Crippen LogP contribution < -0.4 is 4.57 Å². The lowest BCUT2D eigenvalue weighted by atomic mass is 9.71. The van der Waals surface area contributed by atoms with Crippen LogP contribution in [0.2, 0.25) is 0 Å². The van der Waals surface area contributed by atoms with E-state index in [0.29, 0.717) is 11.3 Å².